The van der Waals surface area contributed by atoms with E-state index < -0.39 is 0 Å². The fourth-order valence-electron chi connectivity index (χ4n) is 2.73. The molecule has 0 bridgehead atoms. The Balaban J connectivity index is 1.47. The molecule has 0 aromatic carbocycles. The number of ether oxygens (including phenoxy) is 1. The normalized spacial score (nSPS) is 24.8. The summed E-state index contributed by atoms with van der Waals surface area (Å²) in [7, 11) is 0. The zero-order valence-electron chi connectivity index (χ0n) is 10.3. The largest absolute Gasteiger partial charge is 0.381 e. The Morgan fingerprint density at radius 2 is 1.75 bits per heavy atom. The van der Waals surface area contributed by atoms with Crippen molar-refractivity contribution < 1.29 is 4.74 Å². The fraction of sp³-hybridized carbons (Fsp3) is 1.00. The molecule has 0 saturated carbocycles. The first-order valence-electron chi connectivity index (χ1n) is 6.94. The van der Waals surface area contributed by atoms with Gasteiger partial charge in [-0.25, -0.2) is 0 Å². The Labute approximate surface area is 99.3 Å². The third-order valence-corrected chi connectivity index (χ3v) is 3.96. The minimum atomic E-state index is 0.911. The summed E-state index contributed by atoms with van der Waals surface area (Å²) in [5.41, 5.74) is 0. The van der Waals surface area contributed by atoms with E-state index in [1.807, 2.05) is 0 Å². The standard InChI is InChI=1S/C13H26N2O/c1(12-4-9-16-10-5-12)8-15-11-13-2-6-14-7-3-13/h12-15H,1-11H2. The lowest BCUT2D eigenvalue weighted by atomic mass is 9.96. The summed E-state index contributed by atoms with van der Waals surface area (Å²) >= 11 is 0. The molecule has 0 aliphatic carbocycles. The molecule has 2 aliphatic rings. The van der Waals surface area contributed by atoms with Gasteiger partial charge in [0.25, 0.3) is 0 Å². The molecule has 2 N–H and O–H groups in total. The fourth-order valence-corrected chi connectivity index (χ4v) is 2.73. The lowest BCUT2D eigenvalue weighted by molar-refractivity contribution is 0.0639. The van der Waals surface area contributed by atoms with Crippen LogP contribution in [0.2, 0.25) is 0 Å². The van der Waals surface area contributed by atoms with E-state index in [0.29, 0.717) is 0 Å². The molecule has 0 aromatic rings. The molecule has 0 unspecified atom stereocenters. The van der Waals surface area contributed by atoms with Gasteiger partial charge in [0, 0.05) is 13.2 Å². The van der Waals surface area contributed by atoms with Crippen LogP contribution in [0.3, 0.4) is 0 Å². The minimum Gasteiger partial charge on any atom is -0.381 e. The van der Waals surface area contributed by atoms with E-state index in [1.165, 1.54) is 58.3 Å². The zero-order chi connectivity index (χ0) is 11.1. The maximum Gasteiger partial charge on any atom is 0.0468 e. The van der Waals surface area contributed by atoms with Gasteiger partial charge in [-0.3, -0.25) is 0 Å². The van der Waals surface area contributed by atoms with E-state index in [4.69, 9.17) is 4.74 Å². The van der Waals surface area contributed by atoms with Crippen LogP contribution in [-0.2, 0) is 4.74 Å². The summed E-state index contributed by atoms with van der Waals surface area (Å²) in [6.45, 7) is 6.83. The Morgan fingerprint density at radius 1 is 1.00 bits per heavy atom. The first kappa shape index (κ1) is 12.3. The van der Waals surface area contributed by atoms with Gasteiger partial charge in [0.1, 0.15) is 0 Å². The first-order chi connectivity index (χ1) is 7.95. The van der Waals surface area contributed by atoms with E-state index in [1.54, 1.807) is 0 Å². The van der Waals surface area contributed by atoms with Crippen molar-refractivity contribution in [2.75, 3.05) is 39.4 Å². The number of hydrogen-bond donors (Lipinski definition) is 2. The molecule has 0 amide bonds. The average Bonchev–Trinajstić information content (AvgIpc) is 2.37. The topological polar surface area (TPSA) is 33.3 Å². The van der Waals surface area contributed by atoms with Crippen LogP contribution in [0.4, 0.5) is 0 Å². The molecule has 0 atom stereocenters. The molecule has 2 fully saturated rings. The summed E-state index contributed by atoms with van der Waals surface area (Å²) < 4.78 is 5.37. The van der Waals surface area contributed by atoms with E-state index in [-0.39, 0.29) is 0 Å². The van der Waals surface area contributed by atoms with E-state index in [9.17, 15) is 0 Å². The molecule has 94 valence electrons. The van der Waals surface area contributed by atoms with Crippen molar-refractivity contribution in [2.45, 2.75) is 32.1 Å². The van der Waals surface area contributed by atoms with E-state index in [2.05, 4.69) is 10.6 Å². The molecular weight excluding hydrogens is 200 g/mol. The van der Waals surface area contributed by atoms with Gasteiger partial charge in [0.05, 0.1) is 0 Å². The predicted molar refractivity (Wildman–Crippen MR) is 66.6 cm³/mol. The number of nitrogens with one attached hydrogen (secondary N) is 2. The van der Waals surface area contributed by atoms with Gasteiger partial charge in [0.15, 0.2) is 0 Å². The van der Waals surface area contributed by atoms with Crippen molar-refractivity contribution in [1.82, 2.24) is 10.6 Å². The van der Waals surface area contributed by atoms with Crippen LogP contribution in [0.15, 0.2) is 0 Å². The van der Waals surface area contributed by atoms with Gasteiger partial charge in [-0.05, 0) is 70.1 Å². The molecule has 0 radical (unpaired) electrons. The molecule has 3 heteroatoms. The zero-order valence-corrected chi connectivity index (χ0v) is 10.3. The molecule has 3 nitrogen and oxygen atoms in total. The minimum absolute atomic E-state index is 0.911. The first-order valence-corrected chi connectivity index (χ1v) is 6.94. The van der Waals surface area contributed by atoms with Crippen LogP contribution < -0.4 is 10.6 Å². The van der Waals surface area contributed by atoms with Crippen molar-refractivity contribution in [3.8, 4) is 0 Å². The molecule has 0 aromatic heterocycles. The Morgan fingerprint density at radius 3 is 2.50 bits per heavy atom. The van der Waals surface area contributed by atoms with Gasteiger partial charge in [-0.2, -0.15) is 0 Å². The number of piperidine rings is 1. The highest BCUT2D eigenvalue weighted by Gasteiger charge is 2.14. The van der Waals surface area contributed by atoms with Gasteiger partial charge in [0.2, 0.25) is 0 Å². The van der Waals surface area contributed by atoms with E-state index in [0.717, 1.165) is 25.0 Å². The predicted octanol–water partition coefficient (Wildman–Crippen LogP) is 1.39. The summed E-state index contributed by atoms with van der Waals surface area (Å²) in [4.78, 5) is 0. The second kappa shape index (κ2) is 7.25. The van der Waals surface area contributed by atoms with Crippen LogP contribution in [-0.4, -0.2) is 39.4 Å². The van der Waals surface area contributed by atoms with Gasteiger partial charge in [-0.15, -0.1) is 0 Å². The molecule has 16 heavy (non-hydrogen) atoms. The van der Waals surface area contributed by atoms with Crippen molar-refractivity contribution in [3.05, 3.63) is 0 Å². The van der Waals surface area contributed by atoms with Crippen LogP contribution in [0.5, 0.6) is 0 Å². The average molecular weight is 226 g/mol. The molecule has 2 saturated heterocycles. The van der Waals surface area contributed by atoms with Crippen LogP contribution in [0, 0.1) is 11.8 Å². The lowest BCUT2D eigenvalue weighted by Crippen LogP contribution is -2.34. The lowest BCUT2D eigenvalue weighted by Gasteiger charge is -2.24. The monoisotopic (exact) mass is 226 g/mol. The van der Waals surface area contributed by atoms with Crippen molar-refractivity contribution in [1.29, 1.82) is 0 Å². The maximum atomic E-state index is 5.37. The SMILES string of the molecule is C1CC(CNCCC2CCOCC2)CCN1. The molecule has 2 aliphatic heterocycles. The summed E-state index contributed by atoms with van der Waals surface area (Å²) in [5, 5.41) is 7.05. The third kappa shape index (κ3) is 4.40. The third-order valence-electron chi connectivity index (χ3n) is 3.96. The van der Waals surface area contributed by atoms with E-state index >= 15 is 0 Å². The van der Waals surface area contributed by atoms with Crippen LogP contribution >= 0.6 is 0 Å². The van der Waals surface area contributed by atoms with Gasteiger partial charge in [-0.1, -0.05) is 0 Å². The summed E-state index contributed by atoms with van der Waals surface area (Å²) in [5.74, 6) is 1.82. The highest BCUT2D eigenvalue weighted by molar-refractivity contribution is 4.71. The van der Waals surface area contributed by atoms with Crippen molar-refractivity contribution in [3.63, 3.8) is 0 Å². The molecule has 0 spiro atoms. The summed E-state index contributed by atoms with van der Waals surface area (Å²) in [6, 6.07) is 0. The molecule has 2 rings (SSSR count). The van der Waals surface area contributed by atoms with Crippen LogP contribution in [0.25, 0.3) is 0 Å². The second-order valence-electron chi connectivity index (χ2n) is 5.24. The Kier molecular flexibility index (Phi) is 5.59. The second-order valence-corrected chi connectivity index (χ2v) is 5.24. The van der Waals surface area contributed by atoms with Crippen molar-refractivity contribution >= 4 is 0 Å². The quantitative estimate of drug-likeness (QED) is 0.695. The Hall–Kier alpha value is -0.120. The molecular formula is C13H26N2O. The van der Waals surface area contributed by atoms with Crippen molar-refractivity contribution in [2.24, 2.45) is 11.8 Å². The van der Waals surface area contributed by atoms with Gasteiger partial charge < -0.3 is 15.4 Å². The highest BCUT2D eigenvalue weighted by Crippen LogP contribution is 2.17. The number of hydrogen-bond acceptors (Lipinski definition) is 3. The Bertz CT molecular complexity index is 155. The van der Waals surface area contributed by atoms with Gasteiger partial charge >= 0.3 is 0 Å². The number of rotatable bonds is 5. The smallest absolute Gasteiger partial charge is 0.0468 e. The highest BCUT2D eigenvalue weighted by atomic mass is 16.5. The van der Waals surface area contributed by atoms with Crippen LogP contribution in [0.1, 0.15) is 32.1 Å². The molecule has 2 heterocycles. The maximum absolute atomic E-state index is 5.37. The summed E-state index contributed by atoms with van der Waals surface area (Å²) in [6.07, 6.45) is 6.59.